The fraction of sp³-hybridized carbons (Fsp3) is 0.409. The second kappa shape index (κ2) is 9.61. The zero-order chi connectivity index (χ0) is 21.3. The van der Waals surface area contributed by atoms with E-state index in [1.165, 1.54) is 6.07 Å². The predicted molar refractivity (Wildman–Crippen MR) is 116 cm³/mol. The van der Waals surface area contributed by atoms with Gasteiger partial charge in [-0.05, 0) is 42.0 Å². The number of rotatable bonds is 6. The smallest absolute Gasteiger partial charge is 0.339 e. The average Bonchev–Trinajstić information content (AvgIpc) is 3.05. The standard InChI is InChI=1S/C22H23ClFNO5.ClH/c23-15-1-3-19-14(9-15)11-22(30-19)5-7-25(8-6-22)12-17(26)13-29-20-4-2-16(24)10-18(20)21(27)28;/h1-4,9-10,17,26H,5-8,11-13H2,(H,27,28);1H/t17-;/m0./s1. The first kappa shape index (κ1) is 23.6. The molecule has 6 nitrogen and oxygen atoms in total. The van der Waals surface area contributed by atoms with Crippen LogP contribution in [0.5, 0.6) is 11.5 Å². The van der Waals surface area contributed by atoms with Crippen LogP contribution in [0.15, 0.2) is 36.4 Å². The van der Waals surface area contributed by atoms with Crippen molar-refractivity contribution in [3.8, 4) is 11.5 Å². The van der Waals surface area contributed by atoms with Gasteiger partial charge in [-0.25, -0.2) is 9.18 Å². The average molecular weight is 472 g/mol. The molecule has 2 N–H and O–H groups in total. The number of hydrogen-bond donors (Lipinski definition) is 2. The molecule has 0 radical (unpaired) electrons. The van der Waals surface area contributed by atoms with Crippen LogP contribution < -0.4 is 9.47 Å². The van der Waals surface area contributed by atoms with Gasteiger partial charge in [0.15, 0.2) is 0 Å². The Kier molecular flexibility index (Phi) is 7.31. The molecule has 1 spiro atoms. The fourth-order valence-electron chi connectivity index (χ4n) is 4.16. The maximum absolute atomic E-state index is 13.3. The van der Waals surface area contributed by atoms with E-state index in [9.17, 15) is 14.3 Å². The normalized spacial score (nSPS) is 18.0. The Morgan fingerprint density at radius 2 is 2.00 bits per heavy atom. The third-order valence-corrected chi connectivity index (χ3v) is 5.94. The number of likely N-dealkylation sites (tertiary alicyclic amines) is 1. The summed E-state index contributed by atoms with van der Waals surface area (Å²) in [5.41, 5.74) is 0.660. The number of carboxylic acids is 1. The van der Waals surface area contributed by atoms with E-state index < -0.39 is 17.9 Å². The number of fused-ring (bicyclic) bond motifs is 1. The molecule has 0 aliphatic carbocycles. The highest BCUT2D eigenvalue weighted by molar-refractivity contribution is 6.30. The molecule has 168 valence electrons. The summed E-state index contributed by atoms with van der Waals surface area (Å²) in [4.78, 5) is 13.4. The third-order valence-electron chi connectivity index (χ3n) is 5.70. The maximum Gasteiger partial charge on any atom is 0.339 e. The monoisotopic (exact) mass is 471 g/mol. The van der Waals surface area contributed by atoms with Crippen LogP contribution in [0.1, 0.15) is 28.8 Å². The van der Waals surface area contributed by atoms with Crippen LogP contribution in [-0.2, 0) is 6.42 Å². The van der Waals surface area contributed by atoms with Crippen LogP contribution in [0.3, 0.4) is 0 Å². The minimum absolute atomic E-state index is 0. The van der Waals surface area contributed by atoms with Crippen molar-refractivity contribution < 1.29 is 28.9 Å². The number of hydrogen-bond acceptors (Lipinski definition) is 5. The number of β-amino-alcohol motifs (C(OH)–C–C–N with tert-alkyl or cyclic N) is 1. The molecule has 9 heteroatoms. The summed E-state index contributed by atoms with van der Waals surface area (Å²) in [6, 6.07) is 9.01. The van der Waals surface area contributed by atoms with Gasteiger partial charge in [0, 0.05) is 43.9 Å². The van der Waals surface area contributed by atoms with Gasteiger partial charge in [0.25, 0.3) is 0 Å². The third kappa shape index (κ3) is 5.41. The second-order valence-corrected chi connectivity index (χ2v) is 8.36. The molecule has 0 aromatic heterocycles. The van der Waals surface area contributed by atoms with Crippen LogP contribution in [0.4, 0.5) is 4.39 Å². The Hall–Kier alpha value is -2.06. The van der Waals surface area contributed by atoms with Crippen molar-refractivity contribution in [1.29, 1.82) is 0 Å². The quantitative estimate of drug-likeness (QED) is 0.666. The van der Waals surface area contributed by atoms with Crippen LogP contribution in [0.2, 0.25) is 5.02 Å². The van der Waals surface area contributed by atoms with Crippen molar-refractivity contribution in [3.05, 3.63) is 58.4 Å². The Morgan fingerprint density at radius 1 is 1.26 bits per heavy atom. The highest BCUT2D eigenvalue weighted by Gasteiger charge is 2.42. The zero-order valence-corrected chi connectivity index (χ0v) is 18.3. The van der Waals surface area contributed by atoms with Crippen LogP contribution >= 0.6 is 24.0 Å². The lowest BCUT2D eigenvalue weighted by Gasteiger charge is -2.39. The lowest BCUT2D eigenvalue weighted by atomic mass is 9.87. The van der Waals surface area contributed by atoms with Gasteiger partial charge in [0.1, 0.15) is 41.2 Å². The van der Waals surface area contributed by atoms with Gasteiger partial charge in [0.05, 0.1) is 0 Å². The van der Waals surface area contributed by atoms with Gasteiger partial charge in [-0.3, -0.25) is 0 Å². The molecule has 1 fully saturated rings. The molecule has 2 aliphatic heterocycles. The summed E-state index contributed by atoms with van der Waals surface area (Å²) in [6.45, 7) is 1.87. The molecule has 0 unspecified atom stereocenters. The Bertz CT molecular complexity index is 949. The van der Waals surface area contributed by atoms with E-state index in [0.29, 0.717) is 11.6 Å². The van der Waals surface area contributed by atoms with E-state index in [0.717, 1.165) is 55.8 Å². The highest BCUT2D eigenvalue weighted by Crippen LogP contribution is 2.41. The molecule has 31 heavy (non-hydrogen) atoms. The zero-order valence-electron chi connectivity index (χ0n) is 16.7. The summed E-state index contributed by atoms with van der Waals surface area (Å²) in [5, 5.41) is 20.2. The number of aliphatic hydroxyl groups excluding tert-OH is 1. The van der Waals surface area contributed by atoms with Gasteiger partial charge < -0.3 is 24.6 Å². The number of carboxylic acid groups (broad SMARTS) is 1. The first-order chi connectivity index (χ1) is 14.3. The number of halogens is 3. The molecule has 2 aromatic carbocycles. The summed E-state index contributed by atoms with van der Waals surface area (Å²) in [5.74, 6) is -0.994. The van der Waals surface area contributed by atoms with E-state index in [1.807, 2.05) is 18.2 Å². The molecule has 1 atom stereocenters. The second-order valence-electron chi connectivity index (χ2n) is 7.92. The van der Waals surface area contributed by atoms with Crippen LogP contribution in [-0.4, -0.2) is 59.0 Å². The van der Waals surface area contributed by atoms with E-state index in [-0.39, 0.29) is 35.9 Å². The topological polar surface area (TPSA) is 79.2 Å². The number of piperidine rings is 1. The number of nitrogens with zero attached hydrogens (tertiary/aromatic N) is 1. The molecule has 2 aliphatic rings. The van der Waals surface area contributed by atoms with Gasteiger partial charge in [-0.2, -0.15) is 0 Å². The molecule has 2 heterocycles. The number of aliphatic hydroxyl groups is 1. The fourth-order valence-corrected chi connectivity index (χ4v) is 4.35. The van der Waals surface area contributed by atoms with E-state index in [2.05, 4.69) is 4.90 Å². The van der Waals surface area contributed by atoms with Crippen molar-refractivity contribution >= 4 is 30.0 Å². The van der Waals surface area contributed by atoms with E-state index in [4.69, 9.17) is 26.2 Å². The van der Waals surface area contributed by atoms with Gasteiger partial charge in [-0.1, -0.05) is 11.6 Å². The first-order valence-electron chi connectivity index (χ1n) is 9.87. The summed E-state index contributed by atoms with van der Waals surface area (Å²) >= 11 is 6.09. The molecule has 0 saturated carbocycles. The number of benzene rings is 2. The van der Waals surface area contributed by atoms with Crippen molar-refractivity contribution in [2.75, 3.05) is 26.2 Å². The van der Waals surface area contributed by atoms with Crippen molar-refractivity contribution in [2.45, 2.75) is 31.0 Å². The largest absolute Gasteiger partial charge is 0.490 e. The summed E-state index contributed by atoms with van der Waals surface area (Å²) in [6.07, 6.45) is 1.72. The van der Waals surface area contributed by atoms with E-state index >= 15 is 0 Å². The molecular weight excluding hydrogens is 448 g/mol. The van der Waals surface area contributed by atoms with Gasteiger partial charge in [0.2, 0.25) is 0 Å². The summed E-state index contributed by atoms with van der Waals surface area (Å²) < 4.78 is 24.9. The highest BCUT2D eigenvalue weighted by atomic mass is 35.5. The number of carbonyl (C=O) groups is 1. The number of ether oxygens (including phenoxy) is 2. The van der Waals surface area contributed by atoms with Crippen molar-refractivity contribution in [3.63, 3.8) is 0 Å². The van der Waals surface area contributed by atoms with Crippen LogP contribution in [0.25, 0.3) is 0 Å². The first-order valence-corrected chi connectivity index (χ1v) is 10.2. The SMILES string of the molecule is Cl.O=C(O)c1cc(F)ccc1OC[C@@H](O)CN1CCC2(CC1)Cc1cc(Cl)ccc1O2. The van der Waals surface area contributed by atoms with Gasteiger partial charge in [-0.15, -0.1) is 12.4 Å². The van der Waals surface area contributed by atoms with Crippen molar-refractivity contribution in [2.24, 2.45) is 0 Å². The minimum Gasteiger partial charge on any atom is -0.490 e. The molecule has 1 saturated heterocycles. The minimum atomic E-state index is -1.28. The molecule has 0 amide bonds. The van der Waals surface area contributed by atoms with E-state index in [1.54, 1.807) is 0 Å². The molecule has 0 bridgehead atoms. The molecular formula is C22H24Cl2FNO5. The molecule has 2 aromatic rings. The molecule has 4 rings (SSSR count). The predicted octanol–water partition coefficient (Wildman–Crippen LogP) is 3.81. The van der Waals surface area contributed by atoms with Crippen LogP contribution in [0, 0.1) is 5.82 Å². The Morgan fingerprint density at radius 3 is 2.71 bits per heavy atom. The number of aromatic carboxylic acids is 1. The maximum atomic E-state index is 13.3. The summed E-state index contributed by atoms with van der Waals surface area (Å²) in [7, 11) is 0. The van der Waals surface area contributed by atoms with Gasteiger partial charge >= 0.3 is 5.97 Å². The Labute approximate surface area is 190 Å². The lowest BCUT2D eigenvalue weighted by molar-refractivity contribution is -0.00203. The lowest BCUT2D eigenvalue weighted by Crippen LogP contribution is -2.49. The van der Waals surface area contributed by atoms with Crippen molar-refractivity contribution in [1.82, 2.24) is 4.90 Å². The Balaban J connectivity index is 0.00000272.